The standard InChI is InChI=1S/C20H28ClN5.2ClH/c21-16-12-23-26-18(24-14-5-4-13(22)10-14)15-6-9-20(7-2-1-3-8-20)11-17(15)25-19(16)26;;/h12-14,24H,1-11,22H2;2*1H/t13-,14+;;/m1../s1. The van der Waals surface area contributed by atoms with Crippen LogP contribution in [0.5, 0.6) is 0 Å². The summed E-state index contributed by atoms with van der Waals surface area (Å²) in [4.78, 5) is 4.98. The van der Waals surface area contributed by atoms with Gasteiger partial charge in [-0.25, -0.2) is 4.98 Å². The lowest BCUT2D eigenvalue weighted by molar-refractivity contribution is 0.160. The topological polar surface area (TPSA) is 68.2 Å². The summed E-state index contributed by atoms with van der Waals surface area (Å²) in [5.74, 6) is 1.11. The molecule has 5 rings (SSSR count). The Morgan fingerprint density at radius 3 is 2.64 bits per heavy atom. The third-order valence-corrected chi connectivity index (χ3v) is 7.23. The third-order valence-electron chi connectivity index (χ3n) is 6.96. The predicted molar refractivity (Wildman–Crippen MR) is 119 cm³/mol. The average molecular weight is 447 g/mol. The predicted octanol–water partition coefficient (Wildman–Crippen LogP) is 4.96. The van der Waals surface area contributed by atoms with Gasteiger partial charge in [0.05, 0.1) is 11.9 Å². The first-order valence-electron chi connectivity index (χ1n) is 10.2. The lowest BCUT2D eigenvalue weighted by atomic mass is 9.65. The van der Waals surface area contributed by atoms with E-state index in [1.54, 1.807) is 6.20 Å². The summed E-state index contributed by atoms with van der Waals surface area (Å²) in [6, 6.07) is 0.737. The Balaban J connectivity index is 0.00000112. The molecular formula is C20H30Cl3N5. The normalized spacial score (nSPS) is 25.8. The maximum absolute atomic E-state index is 6.41. The van der Waals surface area contributed by atoms with E-state index in [-0.39, 0.29) is 24.8 Å². The highest BCUT2D eigenvalue weighted by Crippen LogP contribution is 2.47. The maximum Gasteiger partial charge on any atom is 0.176 e. The maximum atomic E-state index is 6.41. The van der Waals surface area contributed by atoms with Crippen molar-refractivity contribution >= 4 is 47.9 Å². The fraction of sp³-hybridized carbons (Fsp3) is 0.700. The molecular weight excluding hydrogens is 417 g/mol. The van der Waals surface area contributed by atoms with E-state index in [4.69, 9.17) is 22.3 Å². The summed E-state index contributed by atoms with van der Waals surface area (Å²) in [6.45, 7) is 0. The highest BCUT2D eigenvalue weighted by molar-refractivity contribution is 6.33. The second-order valence-electron chi connectivity index (χ2n) is 8.77. The van der Waals surface area contributed by atoms with Crippen molar-refractivity contribution < 1.29 is 0 Å². The van der Waals surface area contributed by atoms with Crippen LogP contribution >= 0.6 is 36.4 Å². The van der Waals surface area contributed by atoms with Crippen LogP contribution in [0.2, 0.25) is 5.02 Å². The van der Waals surface area contributed by atoms with Gasteiger partial charge in [0, 0.05) is 17.6 Å². The molecule has 3 aliphatic rings. The zero-order chi connectivity index (χ0) is 17.7. The van der Waals surface area contributed by atoms with E-state index in [1.807, 2.05) is 4.52 Å². The number of rotatable bonds is 2. The summed E-state index contributed by atoms with van der Waals surface area (Å²) in [5, 5.41) is 8.93. The monoisotopic (exact) mass is 445 g/mol. The fourth-order valence-corrected chi connectivity index (χ4v) is 5.67. The zero-order valence-corrected chi connectivity index (χ0v) is 18.5. The van der Waals surface area contributed by atoms with E-state index in [1.165, 1.54) is 49.8 Å². The first-order chi connectivity index (χ1) is 12.6. The van der Waals surface area contributed by atoms with Crippen molar-refractivity contribution in [1.82, 2.24) is 14.6 Å². The van der Waals surface area contributed by atoms with Crippen LogP contribution in [0.4, 0.5) is 5.82 Å². The van der Waals surface area contributed by atoms with E-state index in [0.29, 0.717) is 22.5 Å². The molecule has 2 aromatic heterocycles. The summed E-state index contributed by atoms with van der Waals surface area (Å²) < 4.78 is 1.92. The third kappa shape index (κ3) is 3.83. The first kappa shape index (κ1) is 21.9. The van der Waals surface area contributed by atoms with Gasteiger partial charge >= 0.3 is 0 Å². The summed E-state index contributed by atoms with van der Waals surface area (Å²) >= 11 is 6.41. The highest BCUT2D eigenvalue weighted by Gasteiger charge is 2.38. The van der Waals surface area contributed by atoms with Crippen molar-refractivity contribution in [2.45, 2.75) is 82.7 Å². The SMILES string of the molecule is Cl.Cl.N[C@@H]1CC[C@H](Nc2c3c(nc4c(Cl)cnn24)CC2(CCCCC2)CC3)C1. The summed E-state index contributed by atoms with van der Waals surface area (Å²) in [7, 11) is 0. The van der Waals surface area contributed by atoms with E-state index >= 15 is 0 Å². The van der Waals surface area contributed by atoms with Gasteiger partial charge < -0.3 is 11.1 Å². The minimum absolute atomic E-state index is 0. The molecule has 3 aliphatic carbocycles. The van der Waals surface area contributed by atoms with Gasteiger partial charge in [-0.1, -0.05) is 30.9 Å². The number of aromatic nitrogens is 3. The van der Waals surface area contributed by atoms with Gasteiger partial charge in [-0.05, 0) is 56.8 Å². The van der Waals surface area contributed by atoms with Crippen LogP contribution in [0, 0.1) is 5.41 Å². The molecule has 5 nitrogen and oxygen atoms in total. The summed E-state index contributed by atoms with van der Waals surface area (Å²) in [5.41, 5.74) is 10.00. The molecule has 2 aromatic rings. The molecule has 2 atom stereocenters. The molecule has 0 saturated heterocycles. The van der Waals surface area contributed by atoms with Crippen molar-refractivity contribution in [2.75, 3.05) is 5.32 Å². The lowest BCUT2D eigenvalue weighted by Gasteiger charge is -2.41. The Morgan fingerprint density at radius 2 is 1.93 bits per heavy atom. The molecule has 28 heavy (non-hydrogen) atoms. The minimum Gasteiger partial charge on any atom is -0.367 e. The average Bonchev–Trinajstić information content (AvgIpc) is 3.21. The second-order valence-corrected chi connectivity index (χ2v) is 9.17. The van der Waals surface area contributed by atoms with Crippen LogP contribution in [0.3, 0.4) is 0 Å². The van der Waals surface area contributed by atoms with Crippen LogP contribution in [-0.4, -0.2) is 26.7 Å². The minimum atomic E-state index is 0. The van der Waals surface area contributed by atoms with Crippen molar-refractivity contribution in [1.29, 1.82) is 0 Å². The lowest BCUT2D eigenvalue weighted by Crippen LogP contribution is -2.33. The number of fused-ring (bicyclic) bond motifs is 2. The molecule has 156 valence electrons. The number of halogens is 3. The smallest absolute Gasteiger partial charge is 0.176 e. The van der Waals surface area contributed by atoms with Gasteiger partial charge in [-0.2, -0.15) is 9.61 Å². The number of nitrogens with zero attached hydrogens (tertiary/aromatic N) is 3. The molecule has 3 N–H and O–H groups in total. The van der Waals surface area contributed by atoms with Crippen LogP contribution in [0.1, 0.15) is 69.0 Å². The van der Waals surface area contributed by atoms with Crippen LogP contribution in [0.15, 0.2) is 6.20 Å². The molecule has 0 amide bonds. The molecule has 1 spiro atoms. The molecule has 2 heterocycles. The molecule has 2 saturated carbocycles. The second kappa shape index (κ2) is 8.55. The molecule has 0 bridgehead atoms. The molecule has 0 aromatic carbocycles. The molecule has 0 radical (unpaired) electrons. The number of nitrogens with one attached hydrogen (secondary N) is 1. The van der Waals surface area contributed by atoms with Gasteiger partial charge in [0.1, 0.15) is 10.8 Å². The molecule has 0 aliphatic heterocycles. The van der Waals surface area contributed by atoms with Crippen LogP contribution < -0.4 is 11.1 Å². The van der Waals surface area contributed by atoms with Gasteiger partial charge in [-0.3, -0.25) is 0 Å². The molecule has 0 unspecified atom stereocenters. The van der Waals surface area contributed by atoms with Gasteiger partial charge in [0.2, 0.25) is 0 Å². The number of nitrogens with two attached hydrogens (primary N) is 1. The van der Waals surface area contributed by atoms with E-state index in [2.05, 4.69) is 10.4 Å². The van der Waals surface area contributed by atoms with Crippen molar-refractivity contribution in [3.63, 3.8) is 0 Å². The largest absolute Gasteiger partial charge is 0.367 e. The Morgan fingerprint density at radius 1 is 1.14 bits per heavy atom. The van der Waals surface area contributed by atoms with Gasteiger partial charge in [-0.15, -0.1) is 24.8 Å². The number of anilines is 1. The fourth-order valence-electron chi connectivity index (χ4n) is 5.51. The Kier molecular flexibility index (Phi) is 6.70. The Bertz CT molecular complexity index is 831. The Hall–Kier alpha value is -0.750. The van der Waals surface area contributed by atoms with Crippen LogP contribution in [0.25, 0.3) is 5.65 Å². The molecule has 8 heteroatoms. The molecule has 2 fully saturated rings. The highest BCUT2D eigenvalue weighted by atomic mass is 35.5. The van der Waals surface area contributed by atoms with Crippen LogP contribution in [-0.2, 0) is 12.8 Å². The first-order valence-corrected chi connectivity index (χ1v) is 10.6. The van der Waals surface area contributed by atoms with Crippen molar-refractivity contribution in [3.05, 3.63) is 22.5 Å². The van der Waals surface area contributed by atoms with Crippen molar-refractivity contribution in [2.24, 2.45) is 11.1 Å². The van der Waals surface area contributed by atoms with Gasteiger partial charge in [0.25, 0.3) is 0 Å². The van der Waals surface area contributed by atoms with Gasteiger partial charge in [0.15, 0.2) is 5.65 Å². The Labute approximate surface area is 184 Å². The quantitative estimate of drug-likeness (QED) is 0.684. The van der Waals surface area contributed by atoms with Crippen molar-refractivity contribution in [3.8, 4) is 0 Å². The number of hydrogen-bond acceptors (Lipinski definition) is 4. The van der Waals surface area contributed by atoms with E-state index < -0.39 is 0 Å². The van der Waals surface area contributed by atoms with E-state index in [9.17, 15) is 0 Å². The zero-order valence-electron chi connectivity index (χ0n) is 16.1. The summed E-state index contributed by atoms with van der Waals surface area (Å²) in [6.07, 6.45) is 15.3. The number of hydrogen-bond donors (Lipinski definition) is 2. The van der Waals surface area contributed by atoms with E-state index in [0.717, 1.165) is 43.6 Å².